The minimum absolute atomic E-state index is 0.665. The van der Waals surface area contributed by atoms with Crippen LogP contribution in [0.3, 0.4) is 0 Å². The molecule has 0 aliphatic carbocycles. The molecule has 9 heteroatoms. The summed E-state index contributed by atoms with van der Waals surface area (Å²) < 4.78 is 18.6. The first-order chi connectivity index (χ1) is 25.2. The van der Waals surface area contributed by atoms with Gasteiger partial charge in [0.25, 0.3) is 0 Å². The molecule has 0 aliphatic heterocycles. The first-order valence-electron chi connectivity index (χ1n) is 16.4. The molecule has 9 nitrogen and oxygen atoms in total. The number of furan rings is 3. The molecule has 0 atom stereocenters. The van der Waals surface area contributed by atoms with E-state index in [1.807, 2.05) is 72.8 Å². The number of nitrogens with zero attached hydrogens (tertiary/aromatic N) is 6. The van der Waals surface area contributed by atoms with Crippen LogP contribution in [0.25, 0.3) is 111 Å². The Morgan fingerprint density at radius 3 is 1.39 bits per heavy atom. The molecule has 9 aromatic heterocycles. The van der Waals surface area contributed by atoms with Gasteiger partial charge in [-0.2, -0.15) is 0 Å². The first-order valence-corrected chi connectivity index (χ1v) is 16.4. The maximum atomic E-state index is 6.45. The summed E-state index contributed by atoms with van der Waals surface area (Å²) in [7, 11) is 0. The van der Waals surface area contributed by atoms with Gasteiger partial charge >= 0.3 is 0 Å². The van der Waals surface area contributed by atoms with Crippen LogP contribution >= 0.6 is 0 Å². The number of rotatable bonds is 4. The molecule has 0 fully saturated rings. The molecule has 0 spiro atoms. The molecule has 11 rings (SSSR count). The molecular weight excluding hydrogens is 637 g/mol. The minimum Gasteiger partial charge on any atom is -0.453 e. The van der Waals surface area contributed by atoms with Gasteiger partial charge in [-0.3, -0.25) is 19.9 Å². The highest BCUT2D eigenvalue weighted by Crippen LogP contribution is 2.38. The fourth-order valence-electron chi connectivity index (χ4n) is 6.95. The van der Waals surface area contributed by atoms with E-state index in [2.05, 4.69) is 51.4 Å². The van der Waals surface area contributed by atoms with Crippen molar-refractivity contribution >= 4 is 66.6 Å². The van der Waals surface area contributed by atoms with Gasteiger partial charge < -0.3 is 13.3 Å². The van der Waals surface area contributed by atoms with Gasteiger partial charge in [-0.1, -0.05) is 36.4 Å². The van der Waals surface area contributed by atoms with E-state index in [9.17, 15) is 0 Å². The van der Waals surface area contributed by atoms with Crippen molar-refractivity contribution in [2.75, 3.05) is 0 Å². The molecule has 0 amide bonds. The van der Waals surface area contributed by atoms with E-state index in [-0.39, 0.29) is 0 Å². The zero-order valence-corrected chi connectivity index (χ0v) is 26.6. The monoisotopic (exact) mass is 658 g/mol. The largest absolute Gasteiger partial charge is 0.453 e. The molecule has 0 saturated carbocycles. The fraction of sp³-hybridized carbons (Fsp3) is 0. The third-order valence-electron chi connectivity index (χ3n) is 9.32. The lowest BCUT2D eigenvalue weighted by atomic mass is 10.0. The Hall–Kier alpha value is -7.26. The Morgan fingerprint density at radius 2 is 0.784 bits per heavy atom. The highest BCUT2D eigenvalue weighted by atomic mass is 16.3. The average Bonchev–Trinajstić information content (AvgIpc) is 3.88. The van der Waals surface area contributed by atoms with Crippen molar-refractivity contribution in [2.24, 2.45) is 0 Å². The van der Waals surface area contributed by atoms with E-state index in [0.29, 0.717) is 38.9 Å². The number of pyridine rings is 6. The van der Waals surface area contributed by atoms with Crippen LogP contribution in [-0.4, -0.2) is 29.9 Å². The predicted octanol–water partition coefficient (Wildman–Crippen LogP) is 10.4. The van der Waals surface area contributed by atoms with Crippen LogP contribution in [0.2, 0.25) is 0 Å². The molecule has 51 heavy (non-hydrogen) atoms. The van der Waals surface area contributed by atoms with E-state index >= 15 is 0 Å². The second-order valence-electron chi connectivity index (χ2n) is 12.3. The van der Waals surface area contributed by atoms with Crippen molar-refractivity contribution in [3.63, 3.8) is 0 Å². The summed E-state index contributed by atoms with van der Waals surface area (Å²) in [5, 5.41) is 0. The van der Waals surface area contributed by atoms with E-state index < -0.39 is 0 Å². The number of fused-ring (bicyclic) bond motifs is 9. The van der Waals surface area contributed by atoms with Crippen molar-refractivity contribution in [2.45, 2.75) is 0 Å². The topological polar surface area (TPSA) is 117 Å². The van der Waals surface area contributed by atoms with Gasteiger partial charge in [0.15, 0.2) is 33.5 Å². The number of aromatic nitrogens is 6. The van der Waals surface area contributed by atoms with E-state index in [4.69, 9.17) is 28.2 Å². The van der Waals surface area contributed by atoms with Gasteiger partial charge in [0, 0.05) is 47.0 Å². The average molecular weight is 659 g/mol. The third-order valence-corrected chi connectivity index (χ3v) is 9.32. The van der Waals surface area contributed by atoms with Gasteiger partial charge in [0.2, 0.25) is 0 Å². The normalized spacial score (nSPS) is 11.9. The van der Waals surface area contributed by atoms with Gasteiger partial charge in [-0.15, -0.1) is 0 Å². The van der Waals surface area contributed by atoms with Crippen molar-refractivity contribution in [3.05, 3.63) is 134 Å². The summed E-state index contributed by atoms with van der Waals surface area (Å²) in [6.45, 7) is 0. The Balaban J connectivity index is 0.989. The second kappa shape index (κ2) is 10.6. The lowest BCUT2D eigenvalue weighted by Gasteiger charge is -2.06. The SMILES string of the molecule is c1cc(-c2ccc3oc4c(-c5cccc(-c6ccc7oc8cccnc8c7n6)c5)ccnc4c3n2)cc(-c2ccnc3c2oc2cccnc23)c1. The number of hydrogen-bond acceptors (Lipinski definition) is 9. The maximum Gasteiger partial charge on any atom is 0.163 e. The van der Waals surface area contributed by atoms with Gasteiger partial charge in [-0.05, 0) is 83.9 Å². The quantitative estimate of drug-likeness (QED) is 0.182. The van der Waals surface area contributed by atoms with Crippen LogP contribution in [0.15, 0.2) is 147 Å². The minimum atomic E-state index is 0.665. The molecule has 11 aromatic rings. The molecule has 2 aromatic carbocycles. The van der Waals surface area contributed by atoms with Gasteiger partial charge in [0.1, 0.15) is 33.1 Å². The number of benzene rings is 2. The van der Waals surface area contributed by atoms with Crippen LogP contribution in [0, 0.1) is 0 Å². The lowest BCUT2D eigenvalue weighted by Crippen LogP contribution is -1.88. The molecule has 0 bridgehead atoms. The fourth-order valence-corrected chi connectivity index (χ4v) is 6.95. The van der Waals surface area contributed by atoms with Gasteiger partial charge in [0.05, 0.1) is 11.4 Å². The van der Waals surface area contributed by atoms with E-state index in [1.165, 1.54) is 0 Å². The Bertz CT molecular complexity index is 3180. The second-order valence-corrected chi connectivity index (χ2v) is 12.3. The van der Waals surface area contributed by atoms with Gasteiger partial charge in [-0.25, -0.2) is 9.97 Å². The molecular formula is C42H22N6O3. The first kappa shape index (κ1) is 27.7. The summed E-state index contributed by atoms with van der Waals surface area (Å²) in [6, 6.07) is 35.9. The zero-order valence-electron chi connectivity index (χ0n) is 26.6. The van der Waals surface area contributed by atoms with Crippen molar-refractivity contribution in [1.29, 1.82) is 0 Å². The van der Waals surface area contributed by atoms with Crippen molar-refractivity contribution < 1.29 is 13.3 Å². The third kappa shape index (κ3) is 4.28. The molecule has 0 saturated heterocycles. The molecule has 238 valence electrons. The molecule has 0 unspecified atom stereocenters. The maximum absolute atomic E-state index is 6.45. The predicted molar refractivity (Wildman–Crippen MR) is 197 cm³/mol. The summed E-state index contributed by atoms with van der Waals surface area (Å²) in [5.74, 6) is 0. The highest BCUT2D eigenvalue weighted by Gasteiger charge is 2.18. The van der Waals surface area contributed by atoms with E-state index in [1.54, 1.807) is 24.8 Å². The van der Waals surface area contributed by atoms with E-state index in [0.717, 1.165) is 72.4 Å². The molecule has 0 radical (unpaired) electrons. The Morgan fingerprint density at radius 1 is 0.333 bits per heavy atom. The summed E-state index contributed by atoms with van der Waals surface area (Å²) in [5.41, 5.74) is 15.9. The van der Waals surface area contributed by atoms with Crippen LogP contribution in [-0.2, 0) is 0 Å². The summed E-state index contributed by atoms with van der Waals surface area (Å²) in [6.07, 6.45) is 7.10. The zero-order chi connectivity index (χ0) is 33.5. The molecule has 0 N–H and O–H groups in total. The molecule has 0 aliphatic rings. The van der Waals surface area contributed by atoms with Crippen LogP contribution in [0.4, 0.5) is 0 Å². The van der Waals surface area contributed by atoms with Crippen LogP contribution in [0.5, 0.6) is 0 Å². The smallest absolute Gasteiger partial charge is 0.163 e. The Kier molecular flexibility index (Phi) is 5.76. The highest BCUT2D eigenvalue weighted by molar-refractivity contribution is 6.07. The number of hydrogen-bond donors (Lipinski definition) is 0. The van der Waals surface area contributed by atoms with Crippen LogP contribution in [0.1, 0.15) is 0 Å². The summed E-state index contributed by atoms with van der Waals surface area (Å²) >= 11 is 0. The summed E-state index contributed by atoms with van der Waals surface area (Å²) in [4.78, 5) is 28.3. The lowest BCUT2D eigenvalue weighted by molar-refractivity contribution is 0.667. The Labute approximate surface area is 287 Å². The molecule has 9 heterocycles. The van der Waals surface area contributed by atoms with Crippen molar-refractivity contribution in [3.8, 4) is 44.8 Å². The van der Waals surface area contributed by atoms with Crippen LogP contribution < -0.4 is 0 Å². The van der Waals surface area contributed by atoms with Crippen molar-refractivity contribution in [1.82, 2.24) is 29.9 Å². The standard InChI is InChI=1S/C42H22N6O3/c1-5-23(27-15-19-45-39-36-32(50-41(27)39)10-4-18-44-36)21-26(8-1)30-12-14-34-38(48-30)40-42(51-34)28(16-20-46-40)24-6-2-7-25(22-24)29-11-13-33-37(47-29)35-31(49-33)9-3-17-43-35/h1-22H.